The largest absolute Gasteiger partial charge is 0.477 e. The maximum absolute atomic E-state index is 12.9. The van der Waals surface area contributed by atoms with E-state index < -0.39 is 23.7 Å². The Labute approximate surface area is 126 Å². The van der Waals surface area contributed by atoms with Crippen molar-refractivity contribution in [2.45, 2.75) is 26.2 Å². The molecule has 1 heterocycles. The van der Waals surface area contributed by atoms with Gasteiger partial charge in [0.1, 0.15) is 11.4 Å². The quantitative estimate of drug-likeness (QED) is 0.907. The number of alkyl halides is 2. The molecule has 22 heavy (non-hydrogen) atoms. The lowest BCUT2D eigenvalue weighted by atomic mass is 10.0. The minimum atomic E-state index is -2.99. The average Bonchev–Trinajstić information content (AvgIpc) is 2.77. The van der Waals surface area contributed by atoms with Crippen LogP contribution in [0.1, 0.15) is 47.8 Å². The summed E-state index contributed by atoms with van der Waals surface area (Å²) in [5.41, 5.74) is -0.428. The normalized spacial score (nSPS) is 11.2. The molecule has 0 saturated heterocycles. The van der Waals surface area contributed by atoms with Gasteiger partial charge in [-0.15, -0.1) is 0 Å². The Morgan fingerprint density at radius 1 is 1.36 bits per heavy atom. The third-order valence-corrected chi connectivity index (χ3v) is 3.18. The van der Waals surface area contributed by atoms with Gasteiger partial charge in [-0.25, -0.2) is 18.3 Å². The molecule has 1 aromatic carbocycles. The number of ether oxygens (including phenoxy) is 1. The van der Waals surface area contributed by atoms with Crippen molar-refractivity contribution in [2.24, 2.45) is 7.05 Å². The predicted molar refractivity (Wildman–Crippen MR) is 75.7 cm³/mol. The number of carboxylic acids is 1. The molecule has 0 aliphatic heterocycles. The zero-order chi connectivity index (χ0) is 16.4. The first kappa shape index (κ1) is 15.9. The lowest BCUT2D eigenvalue weighted by molar-refractivity contribution is 0.0681. The minimum Gasteiger partial charge on any atom is -0.477 e. The molecule has 2 aromatic rings. The average molecular weight is 310 g/mol. The number of nitrogens with zero attached hydrogens (tertiary/aromatic N) is 2. The van der Waals surface area contributed by atoms with Gasteiger partial charge < -0.3 is 9.84 Å². The van der Waals surface area contributed by atoms with E-state index in [0.29, 0.717) is 5.75 Å². The molecule has 0 radical (unpaired) electrons. The first-order valence-electron chi connectivity index (χ1n) is 6.67. The Morgan fingerprint density at radius 3 is 2.59 bits per heavy atom. The van der Waals surface area contributed by atoms with E-state index in [2.05, 4.69) is 5.10 Å². The van der Waals surface area contributed by atoms with Gasteiger partial charge in [0.15, 0.2) is 5.56 Å². The van der Waals surface area contributed by atoms with E-state index in [-0.39, 0.29) is 11.8 Å². The van der Waals surface area contributed by atoms with Crippen LogP contribution in [0.5, 0.6) is 11.6 Å². The van der Waals surface area contributed by atoms with Gasteiger partial charge in [0.25, 0.3) is 6.43 Å². The Bertz CT molecular complexity index is 696. The Balaban J connectivity index is 2.45. The predicted octanol–water partition coefficient (Wildman–Crippen LogP) is 3.97. The molecule has 5 nitrogen and oxygen atoms in total. The van der Waals surface area contributed by atoms with Gasteiger partial charge in [0.2, 0.25) is 5.88 Å². The lowest BCUT2D eigenvalue weighted by Crippen LogP contribution is -2.03. The van der Waals surface area contributed by atoms with Crippen LogP contribution in [-0.2, 0) is 7.05 Å². The van der Waals surface area contributed by atoms with Gasteiger partial charge in [-0.3, -0.25) is 0 Å². The van der Waals surface area contributed by atoms with Crippen LogP contribution in [0.15, 0.2) is 24.3 Å². The summed E-state index contributed by atoms with van der Waals surface area (Å²) in [4.78, 5) is 11.3. The summed E-state index contributed by atoms with van der Waals surface area (Å²) in [5, 5.41) is 12.7. The molecule has 1 N–H and O–H groups in total. The van der Waals surface area contributed by atoms with Crippen molar-refractivity contribution >= 4 is 5.97 Å². The highest BCUT2D eigenvalue weighted by Crippen LogP contribution is 2.33. The van der Waals surface area contributed by atoms with Gasteiger partial charge in [-0.05, 0) is 23.6 Å². The zero-order valence-electron chi connectivity index (χ0n) is 12.4. The molecule has 2 rings (SSSR count). The van der Waals surface area contributed by atoms with E-state index in [0.717, 1.165) is 10.2 Å². The van der Waals surface area contributed by atoms with Crippen LogP contribution in [0, 0.1) is 0 Å². The first-order valence-corrected chi connectivity index (χ1v) is 6.67. The van der Waals surface area contributed by atoms with Crippen molar-refractivity contribution in [3.63, 3.8) is 0 Å². The van der Waals surface area contributed by atoms with E-state index >= 15 is 0 Å². The van der Waals surface area contributed by atoms with Crippen LogP contribution in [0.2, 0.25) is 0 Å². The topological polar surface area (TPSA) is 64.3 Å². The maximum atomic E-state index is 12.9. The van der Waals surface area contributed by atoms with Crippen LogP contribution in [0.4, 0.5) is 8.78 Å². The Morgan fingerprint density at radius 2 is 2.05 bits per heavy atom. The van der Waals surface area contributed by atoms with Crippen molar-refractivity contribution in [3.05, 3.63) is 41.1 Å². The summed E-state index contributed by atoms with van der Waals surface area (Å²) in [7, 11) is 1.36. The maximum Gasteiger partial charge on any atom is 0.343 e. The zero-order valence-corrected chi connectivity index (χ0v) is 12.4. The number of hydrogen-bond donors (Lipinski definition) is 1. The number of rotatable bonds is 5. The summed E-state index contributed by atoms with van der Waals surface area (Å²) in [6, 6.07) is 7.04. The monoisotopic (exact) mass is 310 g/mol. The molecule has 0 unspecified atom stereocenters. The highest BCUT2D eigenvalue weighted by Gasteiger charge is 2.29. The van der Waals surface area contributed by atoms with Crippen molar-refractivity contribution in [2.75, 3.05) is 0 Å². The number of halogens is 2. The van der Waals surface area contributed by atoms with E-state index in [4.69, 9.17) is 9.84 Å². The summed E-state index contributed by atoms with van der Waals surface area (Å²) in [6.45, 7) is 4.00. The molecule has 0 fully saturated rings. The fourth-order valence-corrected chi connectivity index (χ4v) is 2.05. The summed E-state index contributed by atoms with van der Waals surface area (Å²) >= 11 is 0. The molecular weight excluding hydrogens is 294 g/mol. The molecule has 0 atom stereocenters. The molecule has 118 valence electrons. The van der Waals surface area contributed by atoms with Gasteiger partial charge in [-0.2, -0.15) is 5.10 Å². The van der Waals surface area contributed by atoms with Gasteiger partial charge in [0.05, 0.1) is 0 Å². The molecule has 0 amide bonds. The van der Waals surface area contributed by atoms with Gasteiger partial charge in [-0.1, -0.05) is 26.0 Å². The second-order valence-electron chi connectivity index (χ2n) is 5.12. The number of aryl methyl sites for hydroxylation is 1. The van der Waals surface area contributed by atoms with Gasteiger partial charge >= 0.3 is 5.97 Å². The number of aromatic carboxylic acids is 1. The van der Waals surface area contributed by atoms with Crippen LogP contribution in [-0.4, -0.2) is 20.9 Å². The molecule has 0 aliphatic rings. The summed E-state index contributed by atoms with van der Waals surface area (Å²) in [5.74, 6) is -1.09. The fraction of sp³-hybridized carbons (Fsp3) is 0.333. The Hall–Kier alpha value is -2.44. The highest BCUT2D eigenvalue weighted by atomic mass is 19.3. The molecule has 1 aromatic heterocycles. The molecule has 7 heteroatoms. The molecule has 0 bridgehead atoms. The van der Waals surface area contributed by atoms with Crippen molar-refractivity contribution in [1.82, 2.24) is 9.78 Å². The van der Waals surface area contributed by atoms with Crippen molar-refractivity contribution < 1.29 is 23.4 Å². The summed E-state index contributed by atoms with van der Waals surface area (Å²) in [6.07, 6.45) is -2.99. The third kappa shape index (κ3) is 3.08. The number of aromatic nitrogens is 2. The minimum absolute atomic E-state index is 0.219. The van der Waals surface area contributed by atoms with Crippen LogP contribution in [0.25, 0.3) is 0 Å². The Kier molecular flexibility index (Phi) is 4.44. The fourth-order valence-electron chi connectivity index (χ4n) is 2.05. The molecule has 0 spiro atoms. The second kappa shape index (κ2) is 6.13. The SMILES string of the molecule is CC(C)c1cccc(Oc2c(C(=O)O)c(C(F)F)nn2C)c1. The summed E-state index contributed by atoms with van der Waals surface area (Å²) < 4.78 is 32.3. The second-order valence-corrected chi connectivity index (χ2v) is 5.12. The highest BCUT2D eigenvalue weighted by molar-refractivity contribution is 5.92. The smallest absolute Gasteiger partial charge is 0.343 e. The number of carboxylic acid groups (broad SMARTS) is 1. The third-order valence-electron chi connectivity index (χ3n) is 3.18. The number of benzene rings is 1. The molecular formula is C15H16F2N2O3. The van der Waals surface area contributed by atoms with Crippen LogP contribution < -0.4 is 4.74 Å². The van der Waals surface area contributed by atoms with Crippen LogP contribution >= 0.6 is 0 Å². The van der Waals surface area contributed by atoms with Crippen molar-refractivity contribution in [1.29, 1.82) is 0 Å². The first-order chi connectivity index (χ1) is 10.3. The van der Waals surface area contributed by atoms with Crippen LogP contribution in [0.3, 0.4) is 0 Å². The number of carbonyl (C=O) groups is 1. The van der Waals surface area contributed by atoms with E-state index in [9.17, 15) is 13.6 Å². The number of hydrogen-bond acceptors (Lipinski definition) is 3. The standard InChI is InChI=1S/C15H16F2N2O3/c1-8(2)9-5-4-6-10(7-9)22-14-11(15(20)21)12(13(16)17)18-19(14)3/h4-8,13H,1-3H3,(H,20,21). The van der Waals surface area contributed by atoms with Gasteiger partial charge in [0, 0.05) is 7.05 Å². The van der Waals surface area contributed by atoms with E-state index in [1.807, 2.05) is 19.9 Å². The molecule has 0 saturated carbocycles. The molecule has 0 aliphatic carbocycles. The lowest BCUT2D eigenvalue weighted by Gasteiger charge is -2.10. The van der Waals surface area contributed by atoms with Crippen molar-refractivity contribution in [3.8, 4) is 11.6 Å². The van der Waals surface area contributed by atoms with E-state index in [1.165, 1.54) is 7.05 Å². The van der Waals surface area contributed by atoms with E-state index in [1.54, 1.807) is 18.2 Å².